The number of nitrogen functional groups attached to an aromatic ring is 1. The first-order chi connectivity index (χ1) is 9.24. The van der Waals surface area contributed by atoms with Gasteiger partial charge in [-0.25, -0.2) is 0 Å². The summed E-state index contributed by atoms with van der Waals surface area (Å²) in [4.78, 5) is 15.7. The molecule has 1 aromatic heterocycles. The van der Waals surface area contributed by atoms with E-state index in [9.17, 15) is 4.79 Å². The van der Waals surface area contributed by atoms with E-state index in [4.69, 9.17) is 5.73 Å². The zero-order chi connectivity index (χ0) is 13.5. The van der Waals surface area contributed by atoms with Crippen molar-refractivity contribution < 1.29 is 4.79 Å². The minimum atomic E-state index is -0.150. The normalized spacial score (nSPS) is 10.5. The fourth-order valence-electron chi connectivity index (χ4n) is 1.52. The van der Waals surface area contributed by atoms with E-state index >= 15 is 0 Å². The van der Waals surface area contributed by atoms with Crippen molar-refractivity contribution in [3.63, 3.8) is 0 Å². The molecule has 2 aromatic rings. The van der Waals surface area contributed by atoms with Gasteiger partial charge in [-0.05, 0) is 35.9 Å². The van der Waals surface area contributed by atoms with Crippen LogP contribution in [0, 0.1) is 0 Å². The number of aromatic nitrogens is 1. The Hall–Kier alpha value is -2.62. The van der Waals surface area contributed by atoms with Gasteiger partial charge in [0.2, 0.25) is 5.91 Å². The van der Waals surface area contributed by atoms with Crippen LogP contribution in [-0.4, -0.2) is 10.9 Å². The number of nitrogens with two attached hydrogens (primary N) is 1. The molecule has 0 fully saturated rings. The van der Waals surface area contributed by atoms with E-state index in [1.54, 1.807) is 24.4 Å². The van der Waals surface area contributed by atoms with Crippen molar-refractivity contribution in [2.24, 2.45) is 0 Å². The first kappa shape index (κ1) is 12.8. The van der Waals surface area contributed by atoms with Gasteiger partial charge in [0.25, 0.3) is 0 Å². The molecule has 0 bridgehead atoms. The van der Waals surface area contributed by atoms with Crippen LogP contribution in [0.15, 0.2) is 54.7 Å². The highest BCUT2D eigenvalue weighted by molar-refractivity contribution is 5.91. The van der Waals surface area contributed by atoms with E-state index in [-0.39, 0.29) is 5.91 Å². The zero-order valence-electron chi connectivity index (χ0n) is 10.4. The van der Waals surface area contributed by atoms with Crippen molar-refractivity contribution in [3.05, 3.63) is 66.0 Å². The van der Waals surface area contributed by atoms with Crippen molar-refractivity contribution in [2.45, 2.75) is 6.54 Å². The van der Waals surface area contributed by atoms with Crippen molar-refractivity contribution in [3.8, 4) is 0 Å². The lowest BCUT2D eigenvalue weighted by Crippen LogP contribution is -2.20. The van der Waals surface area contributed by atoms with Crippen LogP contribution in [0.5, 0.6) is 0 Å². The van der Waals surface area contributed by atoms with Crippen LogP contribution < -0.4 is 11.1 Å². The number of carbonyl (C=O) groups excluding carboxylic acids is 1. The van der Waals surface area contributed by atoms with Gasteiger partial charge < -0.3 is 11.1 Å². The van der Waals surface area contributed by atoms with Gasteiger partial charge in [-0.15, -0.1) is 0 Å². The maximum atomic E-state index is 11.6. The Morgan fingerprint density at radius 3 is 2.68 bits per heavy atom. The predicted octanol–water partition coefficient (Wildman–Crippen LogP) is 1.99. The molecule has 0 atom stereocenters. The fourth-order valence-corrected chi connectivity index (χ4v) is 1.52. The number of hydrogen-bond donors (Lipinski definition) is 2. The third kappa shape index (κ3) is 4.27. The summed E-state index contributed by atoms with van der Waals surface area (Å²) >= 11 is 0. The largest absolute Gasteiger partial charge is 0.399 e. The van der Waals surface area contributed by atoms with E-state index in [1.807, 2.05) is 30.3 Å². The molecular weight excluding hydrogens is 238 g/mol. The molecule has 0 saturated carbocycles. The molecule has 4 nitrogen and oxygen atoms in total. The molecule has 3 N–H and O–H groups in total. The summed E-state index contributed by atoms with van der Waals surface area (Å²) in [5.74, 6) is -0.150. The summed E-state index contributed by atoms with van der Waals surface area (Å²) in [5, 5.41) is 2.77. The summed E-state index contributed by atoms with van der Waals surface area (Å²) in [6, 6.07) is 12.9. The molecule has 0 unspecified atom stereocenters. The van der Waals surface area contributed by atoms with Crippen molar-refractivity contribution in [1.82, 2.24) is 10.3 Å². The minimum Gasteiger partial charge on any atom is -0.399 e. The molecule has 1 amide bonds. The molecule has 1 heterocycles. The Labute approximate surface area is 112 Å². The highest BCUT2D eigenvalue weighted by Crippen LogP contribution is 2.06. The lowest BCUT2D eigenvalue weighted by Gasteiger charge is -2.01. The Kier molecular flexibility index (Phi) is 4.29. The Bertz CT molecular complexity index is 562. The van der Waals surface area contributed by atoms with E-state index < -0.39 is 0 Å². The number of anilines is 1. The van der Waals surface area contributed by atoms with Crippen LogP contribution in [0.4, 0.5) is 5.69 Å². The average molecular weight is 253 g/mol. The molecule has 1 aromatic carbocycles. The van der Waals surface area contributed by atoms with Crippen molar-refractivity contribution in [1.29, 1.82) is 0 Å². The summed E-state index contributed by atoms with van der Waals surface area (Å²) < 4.78 is 0. The third-order valence-corrected chi connectivity index (χ3v) is 2.53. The van der Waals surface area contributed by atoms with Gasteiger partial charge in [0.05, 0.1) is 12.2 Å². The second kappa shape index (κ2) is 6.35. The van der Waals surface area contributed by atoms with E-state index in [0.717, 1.165) is 11.3 Å². The van der Waals surface area contributed by atoms with E-state index in [0.29, 0.717) is 12.2 Å². The summed E-state index contributed by atoms with van der Waals surface area (Å²) in [6.45, 7) is 0.422. The molecule has 2 rings (SSSR count). The number of carbonyl (C=O) groups is 1. The van der Waals surface area contributed by atoms with Gasteiger partial charge in [0, 0.05) is 18.0 Å². The molecule has 4 heteroatoms. The van der Waals surface area contributed by atoms with E-state index in [1.165, 1.54) is 6.08 Å². The summed E-state index contributed by atoms with van der Waals surface area (Å²) in [7, 11) is 0. The molecule has 0 aliphatic rings. The Morgan fingerprint density at radius 2 is 2.00 bits per heavy atom. The number of hydrogen-bond acceptors (Lipinski definition) is 3. The number of benzene rings is 1. The van der Waals surface area contributed by atoms with Crippen molar-refractivity contribution >= 4 is 17.7 Å². The van der Waals surface area contributed by atoms with Gasteiger partial charge in [-0.2, -0.15) is 0 Å². The summed E-state index contributed by atoms with van der Waals surface area (Å²) in [6.07, 6.45) is 4.94. The van der Waals surface area contributed by atoms with Crippen LogP contribution in [-0.2, 0) is 11.3 Å². The van der Waals surface area contributed by atoms with Gasteiger partial charge in [0.15, 0.2) is 0 Å². The molecular formula is C15H15N3O. The molecule has 96 valence electrons. The number of nitrogens with zero attached hydrogens (tertiary/aromatic N) is 1. The Morgan fingerprint density at radius 1 is 1.21 bits per heavy atom. The molecule has 19 heavy (non-hydrogen) atoms. The van der Waals surface area contributed by atoms with Gasteiger partial charge in [0.1, 0.15) is 0 Å². The smallest absolute Gasteiger partial charge is 0.244 e. The standard InChI is InChI=1S/C15H15N3O/c16-13-7-4-12(5-8-13)6-9-15(19)18-11-14-3-1-2-10-17-14/h1-10H,11,16H2,(H,18,19)/b9-6+. The van der Waals surface area contributed by atoms with Crippen LogP contribution in [0.1, 0.15) is 11.3 Å². The lowest BCUT2D eigenvalue weighted by molar-refractivity contribution is -0.116. The first-order valence-corrected chi connectivity index (χ1v) is 5.95. The highest BCUT2D eigenvalue weighted by atomic mass is 16.1. The average Bonchev–Trinajstić information content (AvgIpc) is 2.45. The van der Waals surface area contributed by atoms with Crippen LogP contribution in [0.25, 0.3) is 6.08 Å². The van der Waals surface area contributed by atoms with E-state index in [2.05, 4.69) is 10.3 Å². The quantitative estimate of drug-likeness (QED) is 0.647. The molecule has 0 aliphatic carbocycles. The maximum absolute atomic E-state index is 11.6. The van der Waals surface area contributed by atoms with Gasteiger partial charge >= 0.3 is 0 Å². The van der Waals surface area contributed by atoms with Gasteiger partial charge in [-0.1, -0.05) is 18.2 Å². The molecule has 0 radical (unpaired) electrons. The number of nitrogens with one attached hydrogen (secondary N) is 1. The second-order valence-electron chi connectivity index (χ2n) is 4.04. The lowest BCUT2D eigenvalue weighted by atomic mass is 10.2. The summed E-state index contributed by atoms with van der Waals surface area (Å²) in [5.41, 5.74) is 8.05. The highest BCUT2D eigenvalue weighted by Gasteiger charge is 1.97. The minimum absolute atomic E-state index is 0.150. The Balaban J connectivity index is 1.86. The van der Waals surface area contributed by atoms with Crippen LogP contribution in [0.2, 0.25) is 0 Å². The molecule has 0 saturated heterocycles. The zero-order valence-corrected chi connectivity index (χ0v) is 10.4. The third-order valence-electron chi connectivity index (χ3n) is 2.53. The predicted molar refractivity (Wildman–Crippen MR) is 76.0 cm³/mol. The SMILES string of the molecule is Nc1ccc(/C=C/C(=O)NCc2ccccn2)cc1. The first-order valence-electron chi connectivity index (χ1n) is 5.95. The molecule has 0 aliphatic heterocycles. The number of amides is 1. The second-order valence-corrected chi connectivity index (χ2v) is 4.04. The van der Waals surface area contributed by atoms with Gasteiger partial charge in [-0.3, -0.25) is 9.78 Å². The topological polar surface area (TPSA) is 68.0 Å². The van der Waals surface area contributed by atoms with Crippen molar-refractivity contribution in [2.75, 3.05) is 5.73 Å². The van der Waals surface area contributed by atoms with Crippen LogP contribution >= 0.6 is 0 Å². The molecule has 0 spiro atoms. The number of rotatable bonds is 4. The van der Waals surface area contributed by atoms with Crippen LogP contribution in [0.3, 0.4) is 0 Å². The maximum Gasteiger partial charge on any atom is 0.244 e. The number of pyridine rings is 1. The monoisotopic (exact) mass is 253 g/mol. The fraction of sp³-hybridized carbons (Fsp3) is 0.0667.